The molecule has 0 saturated carbocycles. The van der Waals surface area contributed by atoms with Crippen LogP contribution in [0, 0.1) is 0 Å². The van der Waals surface area contributed by atoms with Gasteiger partial charge in [0.1, 0.15) is 19.3 Å². The smallest absolute Gasteiger partial charge is 0.408 e. The molecule has 0 aromatic heterocycles. The maximum atomic E-state index is 11.3. The molecule has 39 heavy (non-hydrogen) atoms. The fourth-order valence-corrected chi connectivity index (χ4v) is 2.55. The summed E-state index contributed by atoms with van der Waals surface area (Å²) in [7, 11) is 4.51. The van der Waals surface area contributed by atoms with Gasteiger partial charge in [-0.1, -0.05) is 72.9 Å². The van der Waals surface area contributed by atoms with E-state index in [0.717, 1.165) is 11.1 Å². The van der Waals surface area contributed by atoms with Crippen LogP contribution in [0.15, 0.2) is 60.7 Å². The Hall–Kier alpha value is -3.54. The van der Waals surface area contributed by atoms with Crippen LogP contribution in [0.5, 0.6) is 0 Å². The minimum Gasteiger partial charge on any atom is -0.467 e. The number of ketones is 1. The number of carbonyl (C=O) groups excluding carboxylic acids is 4. The van der Waals surface area contributed by atoms with Gasteiger partial charge in [0.15, 0.2) is 5.78 Å². The van der Waals surface area contributed by atoms with Crippen LogP contribution in [0.1, 0.15) is 25.0 Å². The Morgan fingerprint density at radius 2 is 1.13 bits per heavy atom. The van der Waals surface area contributed by atoms with Gasteiger partial charge in [0, 0.05) is 14.2 Å². The molecule has 0 fully saturated rings. The number of methoxy groups -OCH3 is 2. The van der Waals surface area contributed by atoms with E-state index in [1.807, 2.05) is 60.7 Å². The number of alkyl halides is 1. The maximum Gasteiger partial charge on any atom is 0.408 e. The van der Waals surface area contributed by atoms with Crippen molar-refractivity contribution in [3.63, 3.8) is 0 Å². The third kappa shape index (κ3) is 20.1. The zero-order chi connectivity index (χ0) is 30.1. The normalized spacial score (nSPS) is 10.6. The molecule has 2 unspecified atom stereocenters. The van der Waals surface area contributed by atoms with Gasteiger partial charge in [-0.2, -0.15) is 0 Å². The summed E-state index contributed by atoms with van der Waals surface area (Å²) < 4.78 is 18.6. The highest BCUT2D eigenvalue weighted by Crippen LogP contribution is 2.02. The standard InChI is InChI=1S/C12H14ClNO3.C12H15NO4.C2H6O.CH2S/c1-9(11(15)7-13)14-12(16)17-8-10-5-3-2-4-6-10;1-9(11(14)16-2)13-12(15)17-8-10-6-4-3-5-7-10;1-3-2;1-2/h2-6,9H,7-8H2,1H3,(H,14,16);3-7,9H,8H2,1-2H3,(H,13,15);1-2H3;1H2. The number of rotatable bonds is 9. The highest BCUT2D eigenvalue weighted by Gasteiger charge is 2.16. The molecular formula is C27H37ClN2O8S. The molecule has 12 heteroatoms. The second-order valence-corrected chi connectivity index (χ2v) is 7.65. The van der Waals surface area contributed by atoms with E-state index < -0.39 is 30.2 Å². The second kappa shape index (κ2) is 24.8. The Kier molecular flexibility index (Phi) is 23.9. The van der Waals surface area contributed by atoms with Crippen molar-refractivity contribution in [2.75, 3.05) is 27.2 Å². The van der Waals surface area contributed by atoms with Gasteiger partial charge in [0.2, 0.25) is 0 Å². The van der Waals surface area contributed by atoms with E-state index in [2.05, 4.69) is 38.2 Å². The molecule has 0 aliphatic carbocycles. The number of halogens is 1. The van der Waals surface area contributed by atoms with Crippen molar-refractivity contribution in [3.05, 3.63) is 71.8 Å². The number of ether oxygens (including phenoxy) is 4. The number of alkyl carbamates (subject to hydrolysis) is 2. The van der Waals surface area contributed by atoms with Gasteiger partial charge in [-0.25, -0.2) is 14.4 Å². The van der Waals surface area contributed by atoms with E-state index in [4.69, 9.17) is 21.1 Å². The van der Waals surface area contributed by atoms with Crippen molar-refractivity contribution in [3.8, 4) is 0 Å². The van der Waals surface area contributed by atoms with Gasteiger partial charge in [-0.05, 0) is 30.8 Å². The largest absolute Gasteiger partial charge is 0.467 e. The van der Waals surface area contributed by atoms with Crippen LogP contribution in [-0.2, 0) is 41.8 Å². The molecule has 216 valence electrons. The van der Waals surface area contributed by atoms with Gasteiger partial charge in [0.05, 0.1) is 19.0 Å². The Labute approximate surface area is 240 Å². The van der Waals surface area contributed by atoms with E-state index in [1.54, 1.807) is 21.1 Å². The first-order chi connectivity index (χ1) is 18.7. The number of hydrogen-bond acceptors (Lipinski definition) is 9. The first kappa shape index (κ1) is 37.6. The molecular weight excluding hydrogens is 548 g/mol. The molecule has 0 radical (unpaired) electrons. The Bertz CT molecular complexity index is 876. The monoisotopic (exact) mass is 584 g/mol. The van der Waals surface area contributed by atoms with Crippen molar-refractivity contribution >= 4 is 53.6 Å². The first-order valence-electron chi connectivity index (χ1n) is 11.5. The Morgan fingerprint density at radius 3 is 1.46 bits per heavy atom. The lowest BCUT2D eigenvalue weighted by atomic mass is 10.2. The number of benzene rings is 2. The molecule has 2 aromatic carbocycles. The van der Waals surface area contributed by atoms with Gasteiger partial charge in [-0.3, -0.25) is 4.79 Å². The number of hydrogen-bond donors (Lipinski definition) is 2. The maximum absolute atomic E-state index is 11.3. The average molecular weight is 585 g/mol. The molecule has 10 nitrogen and oxygen atoms in total. The summed E-state index contributed by atoms with van der Waals surface area (Å²) in [6.07, 6.45) is -1.27. The Morgan fingerprint density at radius 1 is 0.769 bits per heavy atom. The van der Waals surface area contributed by atoms with Crippen molar-refractivity contribution < 1.29 is 38.1 Å². The highest BCUT2D eigenvalue weighted by molar-refractivity contribution is 7.77. The van der Waals surface area contributed by atoms with Gasteiger partial charge in [0.25, 0.3) is 0 Å². The minimum atomic E-state index is -0.719. The van der Waals surface area contributed by atoms with Crippen LogP contribution in [0.4, 0.5) is 9.59 Å². The SMILES string of the molecule is C=S.CC(NC(=O)OCc1ccccc1)C(=O)CCl.COC.COC(=O)C(C)NC(=O)OCc1ccccc1. The number of amides is 2. The van der Waals surface area contributed by atoms with Crippen LogP contribution in [0.3, 0.4) is 0 Å². The molecule has 0 spiro atoms. The van der Waals surface area contributed by atoms with Crippen LogP contribution in [-0.4, -0.2) is 69.1 Å². The molecule has 0 bridgehead atoms. The van der Waals surface area contributed by atoms with Crippen molar-refractivity contribution in [1.82, 2.24) is 10.6 Å². The number of thiocarbonyl (C=S) groups is 1. The third-order valence-electron chi connectivity index (χ3n) is 4.26. The molecule has 0 aliphatic rings. The highest BCUT2D eigenvalue weighted by atomic mass is 35.5. The van der Waals surface area contributed by atoms with E-state index in [0.29, 0.717) is 0 Å². The lowest BCUT2D eigenvalue weighted by Gasteiger charge is -2.11. The second-order valence-electron chi connectivity index (χ2n) is 7.39. The third-order valence-corrected chi connectivity index (χ3v) is 4.53. The van der Waals surface area contributed by atoms with Crippen LogP contribution >= 0.6 is 23.8 Å². The lowest BCUT2D eigenvalue weighted by Crippen LogP contribution is -2.39. The number of carbonyl (C=O) groups is 4. The van der Waals surface area contributed by atoms with Crippen molar-refractivity contribution in [1.29, 1.82) is 0 Å². The predicted molar refractivity (Wildman–Crippen MR) is 154 cm³/mol. The summed E-state index contributed by atoms with van der Waals surface area (Å²) in [5.41, 5.74) is 1.77. The molecule has 2 amide bonds. The number of Topliss-reactive ketones (excluding diaryl/α,β-unsaturated/α-hetero) is 1. The number of nitrogens with one attached hydrogen (secondary N) is 2. The summed E-state index contributed by atoms with van der Waals surface area (Å²) >= 11 is 9.19. The van der Waals surface area contributed by atoms with E-state index >= 15 is 0 Å². The zero-order valence-corrected chi connectivity index (χ0v) is 24.4. The molecule has 2 N–H and O–H groups in total. The predicted octanol–water partition coefficient (Wildman–Crippen LogP) is 4.46. The minimum absolute atomic E-state index is 0.125. The fraction of sp³-hybridized carbons (Fsp3) is 0.370. The van der Waals surface area contributed by atoms with Crippen LogP contribution < -0.4 is 10.6 Å². The summed E-state index contributed by atoms with van der Waals surface area (Å²) in [6.45, 7) is 3.43. The topological polar surface area (TPSA) is 129 Å². The summed E-state index contributed by atoms with van der Waals surface area (Å²) in [5, 5.41) is 4.77. The molecule has 2 rings (SSSR count). The zero-order valence-electron chi connectivity index (χ0n) is 22.8. The lowest BCUT2D eigenvalue weighted by molar-refractivity contribution is -0.142. The quantitative estimate of drug-likeness (QED) is 0.190. The average Bonchev–Trinajstić information content (AvgIpc) is 2.97. The molecule has 2 atom stereocenters. The van der Waals surface area contributed by atoms with Gasteiger partial charge < -0.3 is 29.6 Å². The summed E-state index contributed by atoms with van der Waals surface area (Å²) in [5.74, 6) is 1.95. The number of esters is 1. The van der Waals surface area contributed by atoms with Gasteiger partial charge in [-0.15, -0.1) is 11.6 Å². The molecule has 0 heterocycles. The molecule has 0 aliphatic heterocycles. The summed E-state index contributed by atoms with van der Waals surface area (Å²) in [6, 6.07) is 17.2. The van der Waals surface area contributed by atoms with E-state index in [1.165, 1.54) is 14.0 Å². The van der Waals surface area contributed by atoms with Crippen LogP contribution in [0.2, 0.25) is 0 Å². The molecule has 0 saturated heterocycles. The summed E-state index contributed by atoms with van der Waals surface area (Å²) in [4.78, 5) is 44.8. The van der Waals surface area contributed by atoms with Crippen molar-refractivity contribution in [2.45, 2.75) is 39.1 Å². The van der Waals surface area contributed by atoms with E-state index in [-0.39, 0.29) is 24.9 Å². The molecule has 2 aromatic rings. The van der Waals surface area contributed by atoms with Gasteiger partial charge >= 0.3 is 18.2 Å². The van der Waals surface area contributed by atoms with Crippen molar-refractivity contribution in [2.24, 2.45) is 0 Å². The van der Waals surface area contributed by atoms with Crippen LogP contribution in [0.25, 0.3) is 0 Å². The Balaban J connectivity index is 0. The fourth-order valence-electron chi connectivity index (χ4n) is 2.32. The van der Waals surface area contributed by atoms with E-state index in [9.17, 15) is 19.2 Å². The first-order valence-corrected chi connectivity index (χ1v) is 12.6.